The Labute approximate surface area is 181 Å². The lowest BCUT2D eigenvalue weighted by molar-refractivity contribution is -0.122. The summed E-state index contributed by atoms with van der Waals surface area (Å²) >= 11 is 0. The topological polar surface area (TPSA) is 82.6 Å². The number of nitrogens with zero attached hydrogens (tertiary/aromatic N) is 2. The van der Waals surface area contributed by atoms with Crippen LogP contribution >= 0.6 is 0 Å². The van der Waals surface area contributed by atoms with Crippen LogP contribution in [0.25, 0.3) is 11.0 Å². The molecule has 0 fully saturated rings. The molecule has 0 saturated carbocycles. The van der Waals surface area contributed by atoms with E-state index < -0.39 is 0 Å². The fourth-order valence-electron chi connectivity index (χ4n) is 3.71. The molecule has 162 valence electrons. The van der Waals surface area contributed by atoms with Crippen molar-refractivity contribution in [2.24, 2.45) is 5.92 Å². The summed E-state index contributed by atoms with van der Waals surface area (Å²) < 4.78 is 16.7. The van der Waals surface area contributed by atoms with Crippen LogP contribution in [-0.4, -0.2) is 36.2 Å². The number of amides is 1. The molecule has 31 heavy (non-hydrogen) atoms. The molecule has 2 heterocycles. The number of benzene rings is 2. The number of hydrogen-bond donors (Lipinski definition) is 1. The van der Waals surface area contributed by atoms with Crippen LogP contribution in [0.5, 0.6) is 17.4 Å². The SMILES string of the molecule is COc1nc2ccccc2nc1CCC(=O)N[C@@H](c1ccc2c(c1)OCCO2)C(C)C. The fourth-order valence-corrected chi connectivity index (χ4v) is 3.71. The molecule has 1 aromatic heterocycles. The molecule has 7 heteroatoms. The third kappa shape index (κ3) is 4.71. The minimum Gasteiger partial charge on any atom is -0.486 e. The van der Waals surface area contributed by atoms with E-state index in [0.29, 0.717) is 31.2 Å². The number of methoxy groups -OCH3 is 1. The van der Waals surface area contributed by atoms with Crippen LogP contribution in [-0.2, 0) is 11.2 Å². The molecule has 7 nitrogen and oxygen atoms in total. The number of nitrogens with one attached hydrogen (secondary N) is 1. The lowest BCUT2D eigenvalue weighted by atomic mass is 9.95. The van der Waals surface area contributed by atoms with Gasteiger partial charge in [-0.15, -0.1) is 0 Å². The van der Waals surface area contributed by atoms with E-state index >= 15 is 0 Å². The molecule has 1 aliphatic heterocycles. The summed E-state index contributed by atoms with van der Waals surface area (Å²) in [5, 5.41) is 3.16. The van der Waals surface area contributed by atoms with Gasteiger partial charge in [-0.1, -0.05) is 32.0 Å². The molecule has 1 aliphatic rings. The van der Waals surface area contributed by atoms with Gasteiger partial charge in [-0.2, -0.15) is 0 Å². The number of aryl methyl sites for hydroxylation is 1. The predicted octanol–water partition coefficient (Wildman–Crippen LogP) is 3.86. The molecule has 0 unspecified atom stereocenters. The molecule has 1 atom stereocenters. The second-order valence-corrected chi connectivity index (χ2v) is 7.86. The van der Waals surface area contributed by atoms with Gasteiger partial charge in [0.05, 0.1) is 24.2 Å². The molecule has 0 spiro atoms. The van der Waals surface area contributed by atoms with Crippen LogP contribution < -0.4 is 19.5 Å². The highest BCUT2D eigenvalue weighted by Gasteiger charge is 2.22. The minimum absolute atomic E-state index is 0.0504. The maximum absolute atomic E-state index is 12.8. The van der Waals surface area contributed by atoms with Gasteiger partial charge in [0, 0.05) is 12.8 Å². The first-order chi connectivity index (χ1) is 15.0. The molecule has 3 aromatic rings. The largest absolute Gasteiger partial charge is 0.486 e. The van der Waals surface area contributed by atoms with Crippen LogP contribution in [0.2, 0.25) is 0 Å². The minimum atomic E-state index is -0.132. The van der Waals surface area contributed by atoms with Crippen LogP contribution in [0, 0.1) is 5.92 Å². The number of rotatable bonds is 7. The Balaban J connectivity index is 1.46. The van der Waals surface area contributed by atoms with E-state index in [1.54, 1.807) is 7.11 Å². The van der Waals surface area contributed by atoms with Crippen molar-refractivity contribution in [1.29, 1.82) is 0 Å². The molecule has 4 rings (SSSR count). The van der Waals surface area contributed by atoms with Gasteiger partial charge >= 0.3 is 0 Å². The van der Waals surface area contributed by atoms with Crippen molar-refractivity contribution in [3.05, 3.63) is 53.7 Å². The number of hydrogen-bond acceptors (Lipinski definition) is 6. The lowest BCUT2D eigenvalue weighted by Gasteiger charge is -2.25. The Hall–Kier alpha value is -3.35. The van der Waals surface area contributed by atoms with E-state index in [2.05, 4.69) is 29.1 Å². The molecule has 2 aromatic carbocycles. The Morgan fingerprint density at radius 1 is 1.06 bits per heavy atom. The molecular weight excluding hydrogens is 394 g/mol. The standard InChI is InChI=1S/C24H27N3O4/c1-15(2)23(16-8-10-20-21(14-16)31-13-12-30-20)27-22(28)11-9-19-24(29-3)26-18-7-5-4-6-17(18)25-19/h4-8,10,14-15,23H,9,11-13H2,1-3H3,(H,27,28)/t23-/m1/s1. The van der Waals surface area contributed by atoms with Gasteiger partial charge in [-0.3, -0.25) is 4.79 Å². The van der Waals surface area contributed by atoms with Gasteiger partial charge in [0.1, 0.15) is 18.9 Å². The zero-order chi connectivity index (χ0) is 21.8. The summed E-state index contributed by atoms with van der Waals surface area (Å²) in [4.78, 5) is 21.9. The van der Waals surface area contributed by atoms with E-state index in [9.17, 15) is 4.79 Å². The highest BCUT2D eigenvalue weighted by atomic mass is 16.6. The van der Waals surface area contributed by atoms with Crippen molar-refractivity contribution < 1.29 is 19.0 Å². The van der Waals surface area contributed by atoms with Crippen molar-refractivity contribution in [2.75, 3.05) is 20.3 Å². The van der Waals surface area contributed by atoms with E-state index in [-0.39, 0.29) is 24.3 Å². The van der Waals surface area contributed by atoms with Crippen LogP contribution in [0.4, 0.5) is 0 Å². The third-order valence-electron chi connectivity index (χ3n) is 5.30. The number of carbonyl (C=O) groups is 1. The van der Waals surface area contributed by atoms with Crippen LogP contribution in [0.3, 0.4) is 0 Å². The van der Waals surface area contributed by atoms with Crippen molar-refractivity contribution in [2.45, 2.75) is 32.7 Å². The summed E-state index contributed by atoms with van der Waals surface area (Å²) in [5.74, 6) is 2.08. The second-order valence-electron chi connectivity index (χ2n) is 7.86. The number of ether oxygens (including phenoxy) is 3. The van der Waals surface area contributed by atoms with E-state index in [0.717, 1.165) is 28.1 Å². The monoisotopic (exact) mass is 421 g/mol. The van der Waals surface area contributed by atoms with E-state index in [4.69, 9.17) is 14.2 Å². The number of para-hydroxylation sites is 2. The normalized spacial score (nSPS) is 13.8. The quantitative estimate of drug-likeness (QED) is 0.624. The molecule has 0 aliphatic carbocycles. The summed E-state index contributed by atoms with van der Waals surface area (Å²) in [5.41, 5.74) is 3.23. The Morgan fingerprint density at radius 2 is 1.77 bits per heavy atom. The first-order valence-corrected chi connectivity index (χ1v) is 10.5. The summed E-state index contributed by atoms with van der Waals surface area (Å²) in [6.45, 7) is 5.25. The van der Waals surface area contributed by atoms with Gasteiger partial charge in [0.15, 0.2) is 11.5 Å². The van der Waals surface area contributed by atoms with Crippen molar-refractivity contribution in [1.82, 2.24) is 15.3 Å². The van der Waals surface area contributed by atoms with Crippen molar-refractivity contribution >= 4 is 16.9 Å². The lowest BCUT2D eigenvalue weighted by Crippen LogP contribution is -2.32. The molecule has 1 N–H and O–H groups in total. The first-order valence-electron chi connectivity index (χ1n) is 10.5. The average molecular weight is 421 g/mol. The summed E-state index contributed by atoms with van der Waals surface area (Å²) in [7, 11) is 1.57. The average Bonchev–Trinajstić information content (AvgIpc) is 2.80. The summed E-state index contributed by atoms with van der Waals surface area (Å²) in [6.07, 6.45) is 0.732. The number of carbonyl (C=O) groups excluding carboxylic acids is 1. The smallest absolute Gasteiger partial charge is 0.235 e. The van der Waals surface area contributed by atoms with E-state index in [1.807, 2.05) is 42.5 Å². The predicted molar refractivity (Wildman–Crippen MR) is 118 cm³/mol. The first kappa shape index (κ1) is 20.9. The second kappa shape index (κ2) is 9.20. The van der Waals surface area contributed by atoms with Gasteiger partial charge in [-0.25, -0.2) is 9.97 Å². The Bertz CT molecular complexity index is 1080. The number of fused-ring (bicyclic) bond motifs is 2. The molecule has 0 radical (unpaired) electrons. The van der Waals surface area contributed by atoms with E-state index in [1.165, 1.54) is 0 Å². The Morgan fingerprint density at radius 3 is 2.48 bits per heavy atom. The molecule has 1 amide bonds. The van der Waals surface area contributed by atoms with Gasteiger partial charge < -0.3 is 19.5 Å². The highest BCUT2D eigenvalue weighted by Crippen LogP contribution is 2.34. The Kier molecular flexibility index (Phi) is 6.21. The molecule has 0 bridgehead atoms. The summed E-state index contributed by atoms with van der Waals surface area (Å²) in [6, 6.07) is 13.3. The number of aromatic nitrogens is 2. The maximum atomic E-state index is 12.8. The zero-order valence-electron chi connectivity index (χ0n) is 18.1. The highest BCUT2D eigenvalue weighted by molar-refractivity contribution is 5.77. The molecular formula is C24H27N3O4. The maximum Gasteiger partial charge on any atom is 0.235 e. The fraction of sp³-hybridized carbons (Fsp3) is 0.375. The van der Waals surface area contributed by atoms with Gasteiger partial charge in [0.2, 0.25) is 11.8 Å². The molecule has 0 saturated heterocycles. The zero-order valence-corrected chi connectivity index (χ0v) is 18.1. The van der Waals surface area contributed by atoms with Crippen molar-refractivity contribution in [3.8, 4) is 17.4 Å². The van der Waals surface area contributed by atoms with Gasteiger partial charge in [-0.05, 0) is 35.7 Å². The van der Waals surface area contributed by atoms with Crippen LogP contribution in [0.15, 0.2) is 42.5 Å². The van der Waals surface area contributed by atoms with Crippen molar-refractivity contribution in [3.63, 3.8) is 0 Å². The third-order valence-corrected chi connectivity index (χ3v) is 5.30. The van der Waals surface area contributed by atoms with Crippen LogP contribution in [0.1, 0.15) is 37.6 Å². The van der Waals surface area contributed by atoms with Gasteiger partial charge in [0.25, 0.3) is 0 Å².